The van der Waals surface area contributed by atoms with E-state index in [4.69, 9.17) is 11.6 Å². The Morgan fingerprint density at radius 2 is 1.80 bits per heavy atom. The van der Waals surface area contributed by atoms with Crippen molar-refractivity contribution < 1.29 is 22.8 Å². The monoisotopic (exact) mass is 505 g/mol. The van der Waals surface area contributed by atoms with Gasteiger partial charge in [0, 0.05) is 24.3 Å². The molecular formula is C24H23ClF3N5O2. The van der Waals surface area contributed by atoms with Crippen LogP contribution in [0.4, 0.5) is 13.2 Å². The molecule has 0 radical (unpaired) electrons. The standard InChI is InChI=1S/C24H23ClF3N5O2/c1-13(2)30-22(34)16-10-14-6-3-4-7-15(14)11-18(16)31-23(35)19-12-20(24(26,27)28)32-33(19)21-17(25)8-5-9-29-21/h3-9,12-13,16,18H,10-11H2,1-2H3,(H,30,34)(H,31,35)/t16-,18+/m0/s1. The highest BCUT2D eigenvalue weighted by molar-refractivity contribution is 6.32. The Balaban J connectivity index is 1.70. The third kappa shape index (κ3) is 5.32. The molecule has 1 aliphatic carbocycles. The third-order valence-corrected chi connectivity index (χ3v) is 6.04. The number of nitrogens with zero attached hydrogens (tertiary/aromatic N) is 3. The van der Waals surface area contributed by atoms with Gasteiger partial charge in [-0.1, -0.05) is 35.9 Å². The Bertz CT molecular complexity index is 1260. The van der Waals surface area contributed by atoms with Gasteiger partial charge in [-0.3, -0.25) is 9.59 Å². The van der Waals surface area contributed by atoms with Crippen LogP contribution in [-0.4, -0.2) is 38.7 Å². The second kappa shape index (κ2) is 9.69. The highest BCUT2D eigenvalue weighted by atomic mass is 35.5. The predicted molar refractivity (Wildman–Crippen MR) is 123 cm³/mol. The zero-order valence-corrected chi connectivity index (χ0v) is 19.7. The summed E-state index contributed by atoms with van der Waals surface area (Å²) < 4.78 is 41.2. The first-order valence-corrected chi connectivity index (χ1v) is 11.4. The number of alkyl halides is 3. The lowest BCUT2D eigenvalue weighted by Gasteiger charge is -2.33. The van der Waals surface area contributed by atoms with Gasteiger partial charge in [-0.25, -0.2) is 9.67 Å². The Morgan fingerprint density at radius 1 is 1.11 bits per heavy atom. The molecule has 11 heteroatoms. The number of benzene rings is 1. The minimum absolute atomic E-state index is 0.0270. The molecule has 0 unspecified atom stereocenters. The molecule has 1 aromatic carbocycles. The summed E-state index contributed by atoms with van der Waals surface area (Å²) in [5, 5.41) is 9.23. The molecule has 0 saturated heterocycles. The topological polar surface area (TPSA) is 88.9 Å². The fourth-order valence-electron chi connectivity index (χ4n) is 4.15. The number of pyridine rings is 1. The van der Waals surface area contributed by atoms with E-state index < -0.39 is 29.7 Å². The first kappa shape index (κ1) is 24.7. The van der Waals surface area contributed by atoms with Crippen molar-refractivity contribution >= 4 is 23.4 Å². The largest absolute Gasteiger partial charge is 0.435 e. The van der Waals surface area contributed by atoms with E-state index in [2.05, 4.69) is 20.7 Å². The highest BCUT2D eigenvalue weighted by Crippen LogP contribution is 2.31. The van der Waals surface area contributed by atoms with Crippen molar-refractivity contribution in [2.45, 2.75) is 44.9 Å². The molecule has 2 heterocycles. The third-order valence-electron chi connectivity index (χ3n) is 5.74. The number of nitrogens with one attached hydrogen (secondary N) is 2. The molecule has 35 heavy (non-hydrogen) atoms. The van der Waals surface area contributed by atoms with Crippen LogP contribution in [0.25, 0.3) is 5.82 Å². The van der Waals surface area contributed by atoms with Gasteiger partial charge in [0.05, 0.1) is 10.9 Å². The Labute approximate surface area is 204 Å². The molecule has 2 amide bonds. The number of amides is 2. The normalized spacial score (nSPS) is 17.7. The molecule has 3 aromatic rings. The summed E-state index contributed by atoms with van der Waals surface area (Å²) in [6, 6.07) is 10.4. The average Bonchev–Trinajstić information content (AvgIpc) is 3.24. The lowest BCUT2D eigenvalue weighted by Crippen LogP contribution is -2.52. The molecule has 4 rings (SSSR count). The molecule has 2 N–H and O–H groups in total. The number of rotatable bonds is 5. The maximum atomic E-state index is 13.5. The number of carbonyl (C=O) groups excluding carboxylic acids is 2. The summed E-state index contributed by atoms with van der Waals surface area (Å²) in [4.78, 5) is 30.3. The van der Waals surface area contributed by atoms with Crippen LogP contribution in [0.2, 0.25) is 5.02 Å². The van der Waals surface area contributed by atoms with Crippen molar-refractivity contribution in [3.8, 4) is 5.82 Å². The smallest absolute Gasteiger partial charge is 0.354 e. The summed E-state index contributed by atoms with van der Waals surface area (Å²) in [6.07, 6.45) is -2.71. The second-order valence-corrected chi connectivity index (χ2v) is 9.07. The molecular weight excluding hydrogens is 483 g/mol. The van der Waals surface area contributed by atoms with Gasteiger partial charge in [0.2, 0.25) is 5.91 Å². The fourth-order valence-corrected chi connectivity index (χ4v) is 4.35. The lowest BCUT2D eigenvalue weighted by atomic mass is 9.79. The minimum atomic E-state index is -4.79. The van der Waals surface area contributed by atoms with E-state index in [-0.39, 0.29) is 28.5 Å². The highest BCUT2D eigenvalue weighted by Gasteiger charge is 2.39. The van der Waals surface area contributed by atoms with Crippen molar-refractivity contribution in [1.29, 1.82) is 0 Å². The zero-order valence-electron chi connectivity index (χ0n) is 18.9. The summed E-state index contributed by atoms with van der Waals surface area (Å²) >= 11 is 6.13. The summed E-state index contributed by atoms with van der Waals surface area (Å²) in [6.45, 7) is 3.66. The molecule has 0 spiro atoms. The Morgan fingerprint density at radius 3 is 2.43 bits per heavy atom. The summed E-state index contributed by atoms with van der Waals surface area (Å²) in [5.41, 5.74) is 0.308. The molecule has 0 fully saturated rings. The van der Waals surface area contributed by atoms with Gasteiger partial charge in [-0.15, -0.1) is 0 Å². The van der Waals surface area contributed by atoms with Crippen LogP contribution in [0, 0.1) is 5.92 Å². The molecule has 1 aliphatic rings. The van der Waals surface area contributed by atoms with Gasteiger partial charge in [0.15, 0.2) is 11.5 Å². The SMILES string of the molecule is CC(C)NC(=O)[C@H]1Cc2ccccc2C[C@H]1NC(=O)c1cc(C(F)(F)F)nn1-c1ncccc1Cl. The summed E-state index contributed by atoms with van der Waals surface area (Å²) in [5.74, 6) is -1.77. The number of hydrogen-bond donors (Lipinski definition) is 2. The van der Waals surface area contributed by atoms with Crippen LogP contribution < -0.4 is 10.6 Å². The summed E-state index contributed by atoms with van der Waals surface area (Å²) in [7, 11) is 0. The van der Waals surface area contributed by atoms with Crippen molar-refractivity contribution in [2.75, 3.05) is 0 Å². The van der Waals surface area contributed by atoms with E-state index in [0.29, 0.717) is 18.9 Å². The minimum Gasteiger partial charge on any atom is -0.354 e. The van der Waals surface area contributed by atoms with Crippen LogP contribution in [0.15, 0.2) is 48.7 Å². The fraction of sp³-hybridized carbons (Fsp3) is 0.333. The quantitative estimate of drug-likeness (QED) is 0.549. The zero-order chi connectivity index (χ0) is 25.3. The average molecular weight is 506 g/mol. The van der Waals surface area contributed by atoms with Gasteiger partial charge in [-0.2, -0.15) is 18.3 Å². The number of aromatic nitrogens is 3. The van der Waals surface area contributed by atoms with Crippen LogP contribution in [0.1, 0.15) is 41.2 Å². The maximum Gasteiger partial charge on any atom is 0.435 e. The van der Waals surface area contributed by atoms with Crippen molar-refractivity contribution in [1.82, 2.24) is 25.4 Å². The molecule has 184 valence electrons. The number of fused-ring (bicyclic) bond motifs is 1. The molecule has 0 saturated carbocycles. The van der Waals surface area contributed by atoms with Crippen LogP contribution >= 0.6 is 11.6 Å². The Hall–Kier alpha value is -3.40. The van der Waals surface area contributed by atoms with E-state index in [9.17, 15) is 22.8 Å². The molecule has 0 bridgehead atoms. The van der Waals surface area contributed by atoms with E-state index in [0.717, 1.165) is 15.8 Å². The van der Waals surface area contributed by atoms with Crippen molar-refractivity contribution in [3.05, 3.63) is 76.2 Å². The van der Waals surface area contributed by atoms with E-state index >= 15 is 0 Å². The Kier molecular flexibility index (Phi) is 6.84. The van der Waals surface area contributed by atoms with E-state index in [1.807, 2.05) is 38.1 Å². The molecule has 2 aromatic heterocycles. The van der Waals surface area contributed by atoms with Gasteiger partial charge in [-0.05, 0) is 49.9 Å². The predicted octanol–water partition coefficient (Wildman–Crippen LogP) is 3.98. The van der Waals surface area contributed by atoms with Gasteiger partial charge >= 0.3 is 6.18 Å². The van der Waals surface area contributed by atoms with Crippen LogP contribution in [0.3, 0.4) is 0 Å². The number of halogens is 4. The number of hydrogen-bond acceptors (Lipinski definition) is 4. The van der Waals surface area contributed by atoms with Gasteiger partial charge in [0.25, 0.3) is 5.91 Å². The van der Waals surface area contributed by atoms with Gasteiger partial charge in [0.1, 0.15) is 5.69 Å². The van der Waals surface area contributed by atoms with Crippen molar-refractivity contribution in [2.24, 2.45) is 5.92 Å². The van der Waals surface area contributed by atoms with Gasteiger partial charge < -0.3 is 10.6 Å². The first-order valence-electron chi connectivity index (χ1n) is 11.0. The first-order chi connectivity index (χ1) is 16.5. The van der Waals surface area contributed by atoms with E-state index in [1.165, 1.54) is 18.3 Å². The molecule has 2 atom stereocenters. The van der Waals surface area contributed by atoms with Crippen molar-refractivity contribution in [3.63, 3.8) is 0 Å². The lowest BCUT2D eigenvalue weighted by molar-refractivity contribution is -0.141. The van der Waals surface area contributed by atoms with E-state index in [1.54, 1.807) is 0 Å². The van der Waals surface area contributed by atoms with Crippen LogP contribution in [-0.2, 0) is 23.8 Å². The second-order valence-electron chi connectivity index (χ2n) is 8.66. The van der Waals surface area contributed by atoms with Crippen LogP contribution in [0.5, 0.6) is 0 Å². The molecule has 0 aliphatic heterocycles. The maximum absolute atomic E-state index is 13.5. The number of carbonyl (C=O) groups is 2. The molecule has 7 nitrogen and oxygen atoms in total.